The van der Waals surface area contributed by atoms with Gasteiger partial charge in [0.1, 0.15) is 0 Å². The summed E-state index contributed by atoms with van der Waals surface area (Å²) >= 11 is 0. The Bertz CT molecular complexity index is 330. The highest BCUT2D eigenvalue weighted by molar-refractivity contribution is 5.73. The van der Waals surface area contributed by atoms with Gasteiger partial charge in [-0.2, -0.15) is 0 Å². The number of nitrogens with one attached hydrogen (secondary N) is 2. The van der Waals surface area contributed by atoms with E-state index in [9.17, 15) is 4.79 Å². The van der Waals surface area contributed by atoms with Crippen molar-refractivity contribution in [2.45, 2.75) is 26.2 Å². The van der Waals surface area contributed by atoms with Gasteiger partial charge in [-0.25, -0.2) is 4.79 Å². The Kier molecular flexibility index (Phi) is 4.83. The molecule has 0 aromatic heterocycles. The third kappa shape index (κ3) is 3.93. The monoisotopic (exact) mass is 220 g/mol. The summed E-state index contributed by atoms with van der Waals surface area (Å²) in [5.74, 6) is 0.568. The van der Waals surface area contributed by atoms with Crippen LogP contribution in [0.15, 0.2) is 24.3 Å². The van der Waals surface area contributed by atoms with Gasteiger partial charge in [0.25, 0.3) is 0 Å². The molecule has 3 nitrogen and oxygen atoms in total. The maximum absolute atomic E-state index is 10.9. The molecule has 0 aliphatic heterocycles. The first kappa shape index (κ1) is 12.6. The van der Waals surface area contributed by atoms with Crippen molar-refractivity contribution < 1.29 is 4.79 Å². The number of carbonyl (C=O) groups is 1. The third-order valence-corrected chi connectivity index (χ3v) is 2.57. The summed E-state index contributed by atoms with van der Waals surface area (Å²) in [5.41, 5.74) is 2.60. The van der Waals surface area contributed by atoms with E-state index in [1.165, 1.54) is 11.1 Å². The van der Waals surface area contributed by atoms with E-state index in [0.717, 1.165) is 6.42 Å². The summed E-state index contributed by atoms with van der Waals surface area (Å²) in [4.78, 5) is 10.9. The van der Waals surface area contributed by atoms with Gasteiger partial charge in [-0.1, -0.05) is 38.1 Å². The summed E-state index contributed by atoms with van der Waals surface area (Å²) < 4.78 is 0. The van der Waals surface area contributed by atoms with E-state index in [1.54, 1.807) is 7.05 Å². The molecule has 0 aliphatic carbocycles. The van der Waals surface area contributed by atoms with Gasteiger partial charge in [-0.05, 0) is 23.5 Å². The third-order valence-electron chi connectivity index (χ3n) is 2.57. The molecule has 0 atom stereocenters. The van der Waals surface area contributed by atoms with Crippen LogP contribution in [0, 0.1) is 0 Å². The van der Waals surface area contributed by atoms with Gasteiger partial charge in [0.2, 0.25) is 0 Å². The van der Waals surface area contributed by atoms with Gasteiger partial charge >= 0.3 is 6.03 Å². The Balaban J connectivity index is 2.40. The standard InChI is InChI=1S/C13H20N2O/c1-10(2)12-6-4-11(5-7-12)8-9-15-13(16)14-3/h4-7,10H,8-9H2,1-3H3,(H2,14,15,16). The van der Waals surface area contributed by atoms with Gasteiger partial charge < -0.3 is 10.6 Å². The average molecular weight is 220 g/mol. The molecule has 0 fully saturated rings. The molecule has 0 bridgehead atoms. The van der Waals surface area contributed by atoms with Crippen LogP contribution in [-0.4, -0.2) is 19.6 Å². The van der Waals surface area contributed by atoms with Gasteiger partial charge in [0, 0.05) is 13.6 Å². The molecule has 0 saturated heterocycles. The first-order chi connectivity index (χ1) is 7.63. The fourth-order valence-corrected chi connectivity index (χ4v) is 1.48. The summed E-state index contributed by atoms with van der Waals surface area (Å²) in [5, 5.41) is 5.29. The van der Waals surface area contributed by atoms with Crippen molar-refractivity contribution in [3.63, 3.8) is 0 Å². The van der Waals surface area contributed by atoms with Crippen molar-refractivity contribution in [1.29, 1.82) is 0 Å². The zero-order valence-corrected chi connectivity index (χ0v) is 10.2. The lowest BCUT2D eigenvalue weighted by atomic mass is 10.0. The van der Waals surface area contributed by atoms with E-state index in [0.29, 0.717) is 12.5 Å². The molecule has 3 heteroatoms. The Morgan fingerprint density at radius 3 is 2.38 bits per heavy atom. The molecule has 0 spiro atoms. The topological polar surface area (TPSA) is 41.1 Å². The lowest BCUT2D eigenvalue weighted by molar-refractivity contribution is 0.243. The SMILES string of the molecule is CNC(=O)NCCc1ccc(C(C)C)cc1. The van der Waals surface area contributed by atoms with E-state index in [4.69, 9.17) is 0 Å². The zero-order valence-electron chi connectivity index (χ0n) is 10.2. The van der Waals surface area contributed by atoms with E-state index >= 15 is 0 Å². The highest BCUT2D eigenvalue weighted by Crippen LogP contribution is 2.14. The molecule has 0 heterocycles. The minimum Gasteiger partial charge on any atom is -0.341 e. The van der Waals surface area contributed by atoms with Gasteiger partial charge in [0.15, 0.2) is 0 Å². The summed E-state index contributed by atoms with van der Waals surface area (Å²) in [6.45, 7) is 5.03. The Morgan fingerprint density at radius 1 is 1.25 bits per heavy atom. The van der Waals surface area contributed by atoms with Crippen LogP contribution in [0.25, 0.3) is 0 Å². The number of rotatable bonds is 4. The van der Waals surface area contributed by atoms with Crippen LogP contribution in [0.2, 0.25) is 0 Å². The second-order valence-electron chi connectivity index (χ2n) is 4.15. The molecule has 0 saturated carbocycles. The molecule has 1 rings (SSSR count). The molecule has 16 heavy (non-hydrogen) atoms. The molecule has 1 aromatic carbocycles. The van der Waals surface area contributed by atoms with Crippen molar-refractivity contribution in [2.75, 3.05) is 13.6 Å². The predicted octanol–water partition coefficient (Wildman–Crippen LogP) is 2.28. The summed E-state index contributed by atoms with van der Waals surface area (Å²) in [6.07, 6.45) is 0.867. The zero-order chi connectivity index (χ0) is 12.0. The van der Waals surface area contributed by atoms with Gasteiger partial charge in [-0.15, -0.1) is 0 Å². The Hall–Kier alpha value is -1.51. The van der Waals surface area contributed by atoms with Crippen molar-refractivity contribution in [3.8, 4) is 0 Å². The number of carbonyl (C=O) groups excluding carboxylic acids is 1. The second-order valence-corrected chi connectivity index (χ2v) is 4.15. The second kappa shape index (κ2) is 6.16. The minimum atomic E-state index is -0.126. The molecular formula is C13H20N2O. The molecule has 2 amide bonds. The normalized spacial score (nSPS) is 10.2. The van der Waals surface area contributed by atoms with Gasteiger partial charge in [-0.3, -0.25) is 0 Å². The van der Waals surface area contributed by atoms with Crippen LogP contribution < -0.4 is 10.6 Å². The summed E-state index contributed by atoms with van der Waals surface area (Å²) in [7, 11) is 1.62. The van der Waals surface area contributed by atoms with E-state index < -0.39 is 0 Å². The Morgan fingerprint density at radius 2 is 1.88 bits per heavy atom. The van der Waals surface area contributed by atoms with Crippen LogP contribution in [0.4, 0.5) is 4.79 Å². The maximum Gasteiger partial charge on any atom is 0.314 e. The average Bonchev–Trinajstić information content (AvgIpc) is 2.29. The number of urea groups is 1. The molecule has 0 radical (unpaired) electrons. The number of hydrogen-bond acceptors (Lipinski definition) is 1. The molecule has 1 aromatic rings. The van der Waals surface area contributed by atoms with E-state index in [-0.39, 0.29) is 6.03 Å². The lowest BCUT2D eigenvalue weighted by Gasteiger charge is -2.07. The first-order valence-electron chi connectivity index (χ1n) is 5.68. The van der Waals surface area contributed by atoms with Crippen LogP contribution in [0.3, 0.4) is 0 Å². The van der Waals surface area contributed by atoms with Crippen LogP contribution in [-0.2, 0) is 6.42 Å². The molecule has 2 N–H and O–H groups in total. The Labute approximate surface area is 97.2 Å². The lowest BCUT2D eigenvalue weighted by Crippen LogP contribution is -2.33. The van der Waals surface area contributed by atoms with Gasteiger partial charge in [0.05, 0.1) is 0 Å². The highest BCUT2D eigenvalue weighted by atomic mass is 16.2. The largest absolute Gasteiger partial charge is 0.341 e. The highest BCUT2D eigenvalue weighted by Gasteiger charge is 1.99. The fourth-order valence-electron chi connectivity index (χ4n) is 1.48. The molecule has 88 valence electrons. The van der Waals surface area contributed by atoms with E-state index in [1.807, 2.05) is 0 Å². The number of benzene rings is 1. The van der Waals surface area contributed by atoms with Crippen molar-refractivity contribution >= 4 is 6.03 Å². The predicted molar refractivity (Wildman–Crippen MR) is 66.7 cm³/mol. The molecular weight excluding hydrogens is 200 g/mol. The van der Waals surface area contributed by atoms with Crippen LogP contribution in [0.1, 0.15) is 30.9 Å². The number of amides is 2. The van der Waals surface area contributed by atoms with Crippen LogP contribution in [0.5, 0.6) is 0 Å². The summed E-state index contributed by atoms with van der Waals surface area (Å²) in [6, 6.07) is 8.43. The maximum atomic E-state index is 10.9. The minimum absolute atomic E-state index is 0.126. The van der Waals surface area contributed by atoms with E-state index in [2.05, 4.69) is 48.7 Å². The first-order valence-corrected chi connectivity index (χ1v) is 5.68. The van der Waals surface area contributed by atoms with Crippen molar-refractivity contribution in [3.05, 3.63) is 35.4 Å². The van der Waals surface area contributed by atoms with Crippen LogP contribution >= 0.6 is 0 Å². The van der Waals surface area contributed by atoms with Crippen molar-refractivity contribution in [2.24, 2.45) is 0 Å². The van der Waals surface area contributed by atoms with Crippen molar-refractivity contribution in [1.82, 2.24) is 10.6 Å². The smallest absolute Gasteiger partial charge is 0.314 e. The molecule has 0 aliphatic rings. The number of hydrogen-bond donors (Lipinski definition) is 2. The quantitative estimate of drug-likeness (QED) is 0.803. The molecule has 0 unspecified atom stereocenters. The fraction of sp³-hybridized carbons (Fsp3) is 0.462.